The summed E-state index contributed by atoms with van der Waals surface area (Å²) in [5, 5.41) is 0. The zero-order chi connectivity index (χ0) is 12.3. The Morgan fingerprint density at radius 1 is 1.31 bits per heavy atom. The molecule has 0 saturated heterocycles. The lowest BCUT2D eigenvalue weighted by Gasteiger charge is -2.07. The molecule has 0 spiro atoms. The molecule has 88 valence electrons. The zero-order valence-electron chi connectivity index (χ0n) is 8.57. The Hall–Kier alpha value is -1.39. The van der Waals surface area contributed by atoms with Gasteiger partial charge in [-0.25, -0.2) is 4.39 Å². The first-order valence-corrected chi connectivity index (χ1v) is 4.61. The van der Waals surface area contributed by atoms with E-state index in [1.165, 1.54) is 12.1 Å². The Morgan fingerprint density at radius 3 is 2.50 bits per heavy atom. The standard InChI is InChI=1S/C11H10F4O/c1-7-2-3-9(12)4-8(7)5-10(16)6-11(13,14)15/h2-4H,5-6H2,1H3. The van der Waals surface area contributed by atoms with E-state index >= 15 is 0 Å². The first kappa shape index (κ1) is 12.7. The maximum Gasteiger partial charge on any atom is 0.395 e. The predicted octanol–water partition coefficient (Wildman–Crippen LogP) is 3.20. The Balaban J connectivity index is 2.73. The minimum Gasteiger partial charge on any atom is -0.299 e. The summed E-state index contributed by atoms with van der Waals surface area (Å²) in [6.07, 6.45) is -6.36. The first-order valence-electron chi connectivity index (χ1n) is 4.61. The normalized spacial score (nSPS) is 11.6. The van der Waals surface area contributed by atoms with E-state index in [2.05, 4.69) is 0 Å². The van der Waals surface area contributed by atoms with E-state index in [1.807, 2.05) is 0 Å². The topological polar surface area (TPSA) is 17.1 Å². The Morgan fingerprint density at radius 2 is 1.94 bits per heavy atom. The van der Waals surface area contributed by atoms with Crippen molar-refractivity contribution in [3.05, 3.63) is 35.1 Å². The summed E-state index contributed by atoms with van der Waals surface area (Å²) in [7, 11) is 0. The molecule has 0 aliphatic carbocycles. The van der Waals surface area contributed by atoms with Gasteiger partial charge in [-0.05, 0) is 30.2 Å². The molecule has 1 aromatic rings. The summed E-state index contributed by atoms with van der Waals surface area (Å²) in [6, 6.07) is 3.72. The van der Waals surface area contributed by atoms with Crippen LogP contribution in [0, 0.1) is 12.7 Å². The van der Waals surface area contributed by atoms with Crippen LogP contribution in [0.1, 0.15) is 17.5 Å². The van der Waals surface area contributed by atoms with Crippen LogP contribution < -0.4 is 0 Å². The fourth-order valence-electron chi connectivity index (χ4n) is 1.33. The fraction of sp³-hybridized carbons (Fsp3) is 0.364. The molecule has 0 unspecified atom stereocenters. The van der Waals surface area contributed by atoms with Crippen LogP contribution in [0.25, 0.3) is 0 Å². The van der Waals surface area contributed by atoms with Crippen LogP contribution in [0.5, 0.6) is 0 Å². The van der Waals surface area contributed by atoms with Crippen LogP contribution >= 0.6 is 0 Å². The van der Waals surface area contributed by atoms with Crippen LogP contribution in [0.3, 0.4) is 0 Å². The van der Waals surface area contributed by atoms with Gasteiger partial charge in [0.15, 0.2) is 0 Å². The molecule has 0 bridgehead atoms. The summed E-state index contributed by atoms with van der Waals surface area (Å²) < 4.78 is 48.5. The van der Waals surface area contributed by atoms with Gasteiger partial charge >= 0.3 is 6.18 Å². The van der Waals surface area contributed by atoms with E-state index in [0.717, 1.165) is 6.07 Å². The Labute approximate surface area is 90.1 Å². The highest BCUT2D eigenvalue weighted by Crippen LogP contribution is 2.21. The van der Waals surface area contributed by atoms with Gasteiger partial charge in [-0.3, -0.25) is 4.79 Å². The van der Waals surface area contributed by atoms with Gasteiger partial charge in [0.25, 0.3) is 0 Å². The molecular weight excluding hydrogens is 224 g/mol. The number of rotatable bonds is 3. The fourth-order valence-corrected chi connectivity index (χ4v) is 1.33. The minimum absolute atomic E-state index is 0.300. The van der Waals surface area contributed by atoms with E-state index in [9.17, 15) is 22.4 Å². The zero-order valence-corrected chi connectivity index (χ0v) is 8.57. The molecule has 0 aliphatic rings. The molecule has 0 atom stereocenters. The largest absolute Gasteiger partial charge is 0.395 e. The van der Waals surface area contributed by atoms with Gasteiger partial charge in [0.05, 0.1) is 0 Å². The monoisotopic (exact) mass is 234 g/mol. The van der Waals surface area contributed by atoms with Crippen molar-refractivity contribution in [1.82, 2.24) is 0 Å². The second-order valence-electron chi connectivity index (χ2n) is 3.58. The SMILES string of the molecule is Cc1ccc(F)cc1CC(=O)CC(F)(F)F. The van der Waals surface area contributed by atoms with Crippen LogP contribution in [0.4, 0.5) is 17.6 Å². The first-order chi connectivity index (χ1) is 7.28. The number of hydrogen-bond donors (Lipinski definition) is 0. The smallest absolute Gasteiger partial charge is 0.299 e. The second kappa shape index (κ2) is 4.63. The number of ketones is 1. The maximum atomic E-state index is 12.8. The van der Waals surface area contributed by atoms with E-state index in [0.29, 0.717) is 11.1 Å². The van der Waals surface area contributed by atoms with Crippen LogP contribution in [-0.4, -0.2) is 12.0 Å². The van der Waals surface area contributed by atoms with Crippen molar-refractivity contribution in [2.45, 2.75) is 25.9 Å². The lowest BCUT2D eigenvalue weighted by molar-refractivity contribution is -0.151. The van der Waals surface area contributed by atoms with E-state index in [4.69, 9.17) is 0 Å². The molecule has 5 heteroatoms. The van der Waals surface area contributed by atoms with Crippen molar-refractivity contribution in [1.29, 1.82) is 0 Å². The van der Waals surface area contributed by atoms with Gasteiger partial charge < -0.3 is 0 Å². The quantitative estimate of drug-likeness (QED) is 0.734. The van der Waals surface area contributed by atoms with Crippen molar-refractivity contribution in [2.75, 3.05) is 0 Å². The molecule has 0 saturated carbocycles. The summed E-state index contributed by atoms with van der Waals surface area (Å²) >= 11 is 0. The average Bonchev–Trinajstić information content (AvgIpc) is 2.08. The molecule has 0 aliphatic heterocycles. The number of halogens is 4. The number of hydrogen-bond acceptors (Lipinski definition) is 1. The number of alkyl halides is 3. The van der Waals surface area contributed by atoms with Gasteiger partial charge in [0.2, 0.25) is 0 Å². The molecule has 1 rings (SSSR count). The molecule has 1 aromatic carbocycles. The second-order valence-corrected chi connectivity index (χ2v) is 3.58. The summed E-state index contributed by atoms with van der Waals surface area (Å²) in [5.41, 5.74) is 0.908. The van der Waals surface area contributed by atoms with Crippen molar-refractivity contribution in [3.8, 4) is 0 Å². The maximum absolute atomic E-state index is 12.8. The average molecular weight is 234 g/mol. The van der Waals surface area contributed by atoms with Gasteiger partial charge in [-0.1, -0.05) is 6.07 Å². The minimum atomic E-state index is -4.50. The molecule has 0 radical (unpaired) electrons. The van der Waals surface area contributed by atoms with Crippen molar-refractivity contribution in [3.63, 3.8) is 0 Å². The molecule has 16 heavy (non-hydrogen) atoms. The number of carbonyl (C=O) groups excluding carboxylic acids is 1. The molecule has 0 heterocycles. The van der Waals surface area contributed by atoms with E-state index < -0.39 is 24.2 Å². The molecular formula is C11H10F4O. The highest BCUT2D eigenvalue weighted by Gasteiger charge is 2.30. The predicted molar refractivity (Wildman–Crippen MR) is 50.5 cm³/mol. The Bertz CT molecular complexity index is 395. The van der Waals surface area contributed by atoms with Crippen molar-refractivity contribution < 1.29 is 22.4 Å². The summed E-state index contributed by atoms with van der Waals surface area (Å²) in [6.45, 7) is 1.62. The number of carbonyl (C=O) groups is 1. The number of benzene rings is 1. The van der Waals surface area contributed by atoms with Gasteiger partial charge in [-0.15, -0.1) is 0 Å². The summed E-state index contributed by atoms with van der Waals surface area (Å²) in [4.78, 5) is 11.0. The molecule has 0 aromatic heterocycles. The van der Waals surface area contributed by atoms with Crippen molar-refractivity contribution >= 4 is 5.78 Å². The van der Waals surface area contributed by atoms with Gasteiger partial charge in [-0.2, -0.15) is 13.2 Å². The molecule has 0 N–H and O–H groups in total. The molecule has 1 nitrogen and oxygen atoms in total. The lowest BCUT2D eigenvalue weighted by Crippen LogP contribution is -2.16. The van der Waals surface area contributed by atoms with Crippen LogP contribution in [0.15, 0.2) is 18.2 Å². The van der Waals surface area contributed by atoms with Crippen LogP contribution in [-0.2, 0) is 11.2 Å². The Kier molecular flexibility index (Phi) is 3.67. The number of Topliss-reactive ketones (excluding diaryl/α,β-unsaturated/α-hetero) is 1. The van der Waals surface area contributed by atoms with E-state index in [-0.39, 0.29) is 6.42 Å². The van der Waals surface area contributed by atoms with Crippen molar-refractivity contribution in [2.24, 2.45) is 0 Å². The highest BCUT2D eigenvalue weighted by molar-refractivity contribution is 5.81. The lowest BCUT2D eigenvalue weighted by atomic mass is 10.0. The molecule has 0 amide bonds. The third-order valence-corrected chi connectivity index (χ3v) is 2.10. The third kappa shape index (κ3) is 4.00. The highest BCUT2D eigenvalue weighted by atomic mass is 19.4. The number of aryl methyl sites for hydroxylation is 1. The van der Waals surface area contributed by atoms with E-state index in [1.54, 1.807) is 6.92 Å². The third-order valence-electron chi connectivity index (χ3n) is 2.10. The van der Waals surface area contributed by atoms with Gasteiger partial charge in [0.1, 0.15) is 18.0 Å². The summed E-state index contributed by atoms with van der Waals surface area (Å²) in [5.74, 6) is -1.51. The molecule has 0 fully saturated rings. The van der Waals surface area contributed by atoms with Crippen LogP contribution in [0.2, 0.25) is 0 Å². The van der Waals surface area contributed by atoms with Gasteiger partial charge in [0, 0.05) is 6.42 Å².